The molecule has 5 aromatic rings. The monoisotopic (exact) mass is 1100 g/mol. The lowest BCUT2D eigenvalue weighted by atomic mass is 10.0. The lowest BCUT2D eigenvalue weighted by Crippen LogP contribution is -2.48. The lowest BCUT2D eigenvalue weighted by Gasteiger charge is -2.38. The predicted octanol–water partition coefficient (Wildman–Crippen LogP) is 10.0. The summed E-state index contributed by atoms with van der Waals surface area (Å²) in [5.41, 5.74) is 5.63. The molecule has 3 heterocycles. The average Bonchev–Trinajstić information content (AvgIpc) is 4.25. The normalized spacial score (nSPS) is 19.5. The number of hydrogen-bond acceptors (Lipinski definition) is 10. The fourth-order valence-corrected chi connectivity index (χ4v) is 15.4. The SMILES string of the molecule is Cc1cccc(S(=O)(=O)Cl)c1.Cc1cccc(S(=O)(=O)N(C2CC2)C2CCN(Cc3ccccc3)CC2)c1.Cc1cccc(S(=O)(=O)N(C2CCNCC2)C2CC2)c1.c1ccc(CN2CCC(NC3CC3)CC2)cc1. The zero-order valence-corrected chi connectivity index (χ0v) is 47.4. The molecule has 0 aromatic heterocycles. The average molecular weight is 1100 g/mol. The Balaban J connectivity index is 0.000000139. The van der Waals surface area contributed by atoms with Crippen LogP contribution in [0, 0.1) is 20.8 Å². The predicted molar refractivity (Wildman–Crippen MR) is 302 cm³/mol. The molecule has 75 heavy (non-hydrogen) atoms. The van der Waals surface area contributed by atoms with E-state index in [1.807, 2.05) is 65.8 Å². The van der Waals surface area contributed by atoms with Crippen molar-refractivity contribution in [1.29, 1.82) is 0 Å². The van der Waals surface area contributed by atoms with Gasteiger partial charge in [-0.15, -0.1) is 0 Å². The zero-order valence-electron chi connectivity index (χ0n) is 44.1. The molecule has 3 saturated heterocycles. The summed E-state index contributed by atoms with van der Waals surface area (Å²) in [6.07, 6.45) is 13.1. The van der Waals surface area contributed by atoms with Crippen molar-refractivity contribution in [2.24, 2.45) is 0 Å². The van der Waals surface area contributed by atoms with Gasteiger partial charge in [-0.05, 0) is 188 Å². The highest BCUT2D eigenvalue weighted by Gasteiger charge is 2.44. The first-order valence-electron chi connectivity index (χ1n) is 27.2. The molecule has 0 spiro atoms. The summed E-state index contributed by atoms with van der Waals surface area (Å²) >= 11 is 0. The van der Waals surface area contributed by atoms with Gasteiger partial charge in [-0.25, -0.2) is 25.3 Å². The van der Waals surface area contributed by atoms with E-state index >= 15 is 0 Å². The number of rotatable bonds is 15. The molecule has 3 aliphatic heterocycles. The molecular weight excluding hydrogens is 1020 g/mol. The molecule has 0 amide bonds. The summed E-state index contributed by atoms with van der Waals surface area (Å²) in [5, 5.41) is 7.06. The Bertz CT molecular complexity index is 2920. The maximum atomic E-state index is 13.4. The van der Waals surface area contributed by atoms with E-state index in [1.165, 1.54) is 62.0 Å². The number of nitrogens with zero attached hydrogens (tertiary/aromatic N) is 4. The van der Waals surface area contributed by atoms with Crippen molar-refractivity contribution in [2.45, 2.75) is 162 Å². The van der Waals surface area contributed by atoms with Gasteiger partial charge in [-0.2, -0.15) is 8.61 Å². The number of aryl methyl sites for hydroxylation is 3. The third-order valence-corrected chi connectivity index (χ3v) is 20.3. The molecule has 2 N–H and O–H groups in total. The second kappa shape index (κ2) is 26.6. The summed E-state index contributed by atoms with van der Waals surface area (Å²) in [6.45, 7) is 14.0. The van der Waals surface area contributed by atoms with Crippen molar-refractivity contribution >= 4 is 39.8 Å². The Hall–Kier alpha value is -4.00. The molecule has 6 aliphatic rings. The molecular formula is C59H79ClN6O6S3. The molecule has 0 unspecified atom stereocenters. The molecule has 3 saturated carbocycles. The topological polar surface area (TPSA) is 139 Å². The van der Waals surface area contributed by atoms with Crippen LogP contribution >= 0.6 is 10.7 Å². The van der Waals surface area contributed by atoms with Gasteiger partial charge in [0.05, 0.1) is 14.7 Å². The molecule has 11 rings (SSSR count). The number of piperidine rings is 3. The summed E-state index contributed by atoms with van der Waals surface area (Å²) in [5.74, 6) is 0. The van der Waals surface area contributed by atoms with E-state index in [9.17, 15) is 25.3 Å². The first kappa shape index (κ1) is 57.2. The quantitative estimate of drug-likeness (QED) is 0.0975. The van der Waals surface area contributed by atoms with Crippen molar-refractivity contribution in [3.8, 4) is 0 Å². The first-order chi connectivity index (χ1) is 36.0. The van der Waals surface area contributed by atoms with Gasteiger partial charge in [-0.3, -0.25) is 9.80 Å². The highest BCUT2D eigenvalue weighted by molar-refractivity contribution is 8.13. The summed E-state index contributed by atoms with van der Waals surface area (Å²) in [7, 11) is -5.23. The Morgan fingerprint density at radius 2 is 0.813 bits per heavy atom. The minimum atomic E-state index is -3.55. The number of benzene rings is 5. The Morgan fingerprint density at radius 1 is 0.453 bits per heavy atom. The van der Waals surface area contributed by atoms with Crippen LogP contribution in [0.1, 0.15) is 105 Å². The Morgan fingerprint density at radius 3 is 1.19 bits per heavy atom. The number of nitrogens with one attached hydrogen (secondary N) is 2. The largest absolute Gasteiger partial charge is 0.317 e. The molecule has 0 atom stereocenters. The van der Waals surface area contributed by atoms with Gasteiger partial charge in [-0.1, -0.05) is 97.1 Å². The fourth-order valence-electron chi connectivity index (χ4n) is 10.5. The van der Waals surface area contributed by atoms with Gasteiger partial charge < -0.3 is 10.6 Å². The highest BCUT2D eigenvalue weighted by Crippen LogP contribution is 2.38. The molecule has 6 fully saturated rings. The Labute approximate surface area is 453 Å². The molecule has 16 heteroatoms. The van der Waals surface area contributed by atoms with Crippen LogP contribution < -0.4 is 10.6 Å². The van der Waals surface area contributed by atoms with E-state index in [0.717, 1.165) is 119 Å². The number of sulfonamides is 2. The van der Waals surface area contributed by atoms with Crippen molar-refractivity contribution in [3.63, 3.8) is 0 Å². The zero-order chi connectivity index (χ0) is 53.0. The van der Waals surface area contributed by atoms with Crippen molar-refractivity contribution in [3.05, 3.63) is 161 Å². The summed E-state index contributed by atoms with van der Waals surface area (Å²) < 4.78 is 77.8. The maximum absolute atomic E-state index is 13.4. The minimum absolute atomic E-state index is 0.120. The molecule has 0 bridgehead atoms. The maximum Gasteiger partial charge on any atom is 0.261 e. The number of halogens is 1. The van der Waals surface area contributed by atoms with E-state index < -0.39 is 29.1 Å². The van der Waals surface area contributed by atoms with Gasteiger partial charge in [0.15, 0.2) is 0 Å². The van der Waals surface area contributed by atoms with Gasteiger partial charge in [0.25, 0.3) is 9.05 Å². The number of hydrogen-bond donors (Lipinski definition) is 2. The van der Waals surface area contributed by atoms with Crippen LogP contribution in [-0.4, -0.2) is 119 Å². The van der Waals surface area contributed by atoms with Crippen LogP contribution in [0.5, 0.6) is 0 Å². The van der Waals surface area contributed by atoms with E-state index in [0.29, 0.717) is 9.79 Å². The van der Waals surface area contributed by atoms with Crippen LogP contribution in [-0.2, 0) is 42.2 Å². The van der Waals surface area contributed by atoms with Crippen molar-refractivity contribution < 1.29 is 25.3 Å². The molecule has 406 valence electrons. The third kappa shape index (κ3) is 17.2. The fraction of sp³-hybridized carbons (Fsp3) is 0.492. The molecule has 0 radical (unpaired) electrons. The second-order valence-electron chi connectivity index (χ2n) is 21.5. The van der Waals surface area contributed by atoms with Crippen LogP contribution in [0.15, 0.2) is 148 Å². The number of likely N-dealkylation sites (tertiary alicyclic amines) is 2. The van der Waals surface area contributed by atoms with E-state index in [2.05, 4.69) is 75.0 Å². The van der Waals surface area contributed by atoms with Gasteiger partial charge in [0, 0.05) is 73.1 Å². The van der Waals surface area contributed by atoms with Crippen LogP contribution in [0.3, 0.4) is 0 Å². The molecule has 12 nitrogen and oxygen atoms in total. The first-order valence-corrected chi connectivity index (χ1v) is 32.4. The van der Waals surface area contributed by atoms with E-state index in [4.69, 9.17) is 10.7 Å². The standard InChI is InChI=1S/C22H28N2O2S.C15H22N2O2S.C15H22N2.C7H7ClO2S/c1-18-6-5-9-22(16-18)27(25,26)24(20-10-11-20)21-12-14-23(15-13-21)17-19-7-3-2-4-8-19;1-12-3-2-4-15(11-12)20(18,19)17(13-5-6-13)14-7-9-16-10-8-14;1-2-4-13(5-3-1)12-17-10-8-15(9-11-17)16-14-6-7-14;1-6-3-2-4-7(5-6)11(8,9)10/h2-9,16,20-21H,10-15,17H2,1H3;2-4,11,13-14,16H,5-10H2,1H3;1-5,14-16H,6-12H2;2-5H,1H3. The van der Waals surface area contributed by atoms with E-state index in [1.54, 1.807) is 30.3 Å². The third-order valence-electron chi connectivity index (χ3n) is 14.9. The highest BCUT2D eigenvalue weighted by atomic mass is 35.7. The molecule has 3 aliphatic carbocycles. The van der Waals surface area contributed by atoms with Crippen molar-refractivity contribution in [1.82, 2.24) is 29.0 Å². The van der Waals surface area contributed by atoms with Crippen LogP contribution in [0.25, 0.3) is 0 Å². The Kier molecular flexibility index (Phi) is 20.3. The van der Waals surface area contributed by atoms with Crippen LogP contribution in [0.2, 0.25) is 0 Å². The van der Waals surface area contributed by atoms with E-state index in [-0.39, 0.29) is 29.1 Å². The smallest absolute Gasteiger partial charge is 0.261 e. The summed E-state index contributed by atoms with van der Waals surface area (Å²) in [4.78, 5) is 6.07. The second-order valence-corrected chi connectivity index (χ2v) is 27.7. The summed E-state index contributed by atoms with van der Waals surface area (Å²) in [6, 6.07) is 44.7. The lowest BCUT2D eigenvalue weighted by molar-refractivity contribution is 0.150. The van der Waals surface area contributed by atoms with Crippen LogP contribution in [0.4, 0.5) is 0 Å². The van der Waals surface area contributed by atoms with Crippen molar-refractivity contribution in [2.75, 3.05) is 39.3 Å². The van der Waals surface area contributed by atoms with Gasteiger partial charge in [0.2, 0.25) is 20.0 Å². The van der Waals surface area contributed by atoms with Gasteiger partial charge in [0.1, 0.15) is 0 Å². The minimum Gasteiger partial charge on any atom is -0.317 e. The van der Waals surface area contributed by atoms with Gasteiger partial charge >= 0.3 is 0 Å². The molecule has 5 aromatic carbocycles.